The highest BCUT2D eigenvalue weighted by atomic mass is 32.1. The third-order valence-corrected chi connectivity index (χ3v) is 2.35. The van der Waals surface area contributed by atoms with Crippen molar-refractivity contribution in [1.82, 2.24) is 10.6 Å². The molecule has 0 fully saturated rings. The number of carboxylic acids is 1. The molecule has 7 N–H and O–H groups in total. The number of thiol groups is 1. The number of rotatable bonds is 8. The van der Waals surface area contributed by atoms with Crippen molar-refractivity contribution in [2.24, 2.45) is 11.5 Å². The van der Waals surface area contributed by atoms with E-state index in [2.05, 4.69) is 23.3 Å². The maximum atomic E-state index is 11.5. The highest BCUT2D eigenvalue weighted by Crippen LogP contribution is 1.93. The third-order valence-electron chi connectivity index (χ3n) is 1.99. The highest BCUT2D eigenvalue weighted by Gasteiger charge is 2.23. The van der Waals surface area contributed by atoms with Gasteiger partial charge in [0.15, 0.2) is 0 Å². The summed E-state index contributed by atoms with van der Waals surface area (Å²) in [6.45, 7) is -0.577. The molecule has 0 saturated heterocycles. The largest absolute Gasteiger partial charge is 0.480 e. The summed E-state index contributed by atoms with van der Waals surface area (Å²) < 4.78 is 0. The number of primary amides is 1. The van der Waals surface area contributed by atoms with E-state index in [9.17, 15) is 19.2 Å². The standard InChI is InChI=1S/C9H16N4O5S/c10-4(1-6(11)14)8(17)13-5(3-19)9(18)12-2-7(15)16/h4-5,19H,1-3,10H2,(H2,11,14)(H,12,18)(H,13,17)(H,15,16). The maximum Gasteiger partial charge on any atom is 0.322 e. The molecule has 0 bridgehead atoms. The molecule has 0 heterocycles. The summed E-state index contributed by atoms with van der Waals surface area (Å²) in [6.07, 6.45) is -0.359. The van der Waals surface area contributed by atoms with Crippen molar-refractivity contribution in [1.29, 1.82) is 0 Å². The summed E-state index contributed by atoms with van der Waals surface area (Å²) in [6, 6.07) is -2.22. The number of carbonyl (C=O) groups excluding carboxylic acids is 3. The quantitative estimate of drug-likeness (QED) is 0.258. The van der Waals surface area contributed by atoms with E-state index in [1.165, 1.54) is 0 Å². The van der Waals surface area contributed by atoms with Crippen LogP contribution in [0.5, 0.6) is 0 Å². The van der Waals surface area contributed by atoms with E-state index in [1.54, 1.807) is 0 Å². The number of nitrogens with one attached hydrogen (secondary N) is 2. The van der Waals surface area contributed by atoms with E-state index in [1.807, 2.05) is 0 Å². The molecular formula is C9H16N4O5S. The van der Waals surface area contributed by atoms with Crippen LogP contribution in [0.3, 0.4) is 0 Å². The normalized spacial score (nSPS) is 13.2. The average molecular weight is 292 g/mol. The Kier molecular flexibility index (Phi) is 7.53. The number of aliphatic carboxylic acids is 1. The first-order valence-electron chi connectivity index (χ1n) is 5.22. The number of hydrogen-bond donors (Lipinski definition) is 6. The van der Waals surface area contributed by atoms with Crippen LogP contribution in [0, 0.1) is 0 Å². The second-order valence-electron chi connectivity index (χ2n) is 3.63. The number of nitrogens with two attached hydrogens (primary N) is 2. The van der Waals surface area contributed by atoms with Crippen LogP contribution in [-0.2, 0) is 19.2 Å². The van der Waals surface area contributed by atoms with Crippen molar-refractivity contribution < 1.29 is 24.3 Å². The molecule has 108 valence electrons. The molecule has 0 aliphatic heterocycles. The molecule has 0 aliphatic carbocycles. The van der Waals surface area contributed by atoms with Gasteiger partial charge in [0.2, 0.25) is 17.7 Å². The summed E-state index contributed by atoms with van der Waals surface area (Å²) in [5.74, 6) is -3.48. The SMILES string of the molecule is NC(=O)CC(N)C(=O)NC(CS)C(=O)NCC(=O)O. The van der Waals surface area contributed by atoms with Crippen LogP contribution in [0.4, 0.5) is 0 Å². The van der Waals surface area contributed by atoms with Gasteiger partial charge in [-0.1, -0.05) is 0 Å². The summed E-state index contributed by atoms with van der Waals surface area (Å²) >= 11 is 3.86. The number of carboxylic acid groups (broad SMARTS) is 1. The van der Waals surface area contributed by atoms with Crippen LogP contribution < -0.4 is 22.1 Å². The van der Waals surface area contributed by atoms with E-state index in [0.29, 0.717) is 0 Å². The molecule has 19 heavy (non-hydrogen) atoms. The van der Waals surface area contributed by atoms with Crippen LogP contribution >= 0.6 is 12.6 Å². The summed E-state index contributed by atoms with van der Waals surface area (Å²) in [7, 11) is 0. The van der Waals surface area contributed by atoms with Crippen molar-refractivity contribution in [3.05, 3.63) is 0 Å². The first-order valence-corrected chi connectivity index (χ1v) is 5.85. The van der Waals surface area contributed by atoms with Gasteiger partial charge in [-0.05, 0) is 0 Å². The molecular weight excluding hydrogens is 276 g/mol. The molecule has 2 unspecified atom stereocenters. The Labute approximate surface area is 114 Å². The Morgan fingerprint density at radius 2 is 1.79 bits per heavy atom. The van der Waals surface area contributed by atoms with Crippen LogP contribution in [0.25, 0.3) is 0 Å². The van der Waals surface area contributed by atoms with Gasteiger partial charge in [-0.15, -0.1) is 0 Å². The highest BCUT2D eigenvalue weighted by molar-refractivity contribution is 7.80. The second kappa shape index (κ2) is 8.32. The van der Waals surface area contributed by atoms with Gasteiger partial charge in [0.1, 0.15) is 12.6 Å². The van der Waals surface area contributed by atoms with E-state index >= 15 is 0 Å². The molecule has 2 atom stereocenters. The average Bonchev–Trinajstić information content (AvgIpc) is 2.31. The van der Waals surface area contributed by atoms with Gasteiger partial charge in [0.05, 0.1) is 12.5 Å². The smallest absolute Gasteiger partial charge is 0.322 e. The van der Waals surface area contributed by atoms with Crippen LogP contribution in [0.15, 0.2) is 0 Å². The van der Waals surface area contributed by atoms with Crippen molar-refractivity contribution in [3.8, 4) is 0 Å². The lowest BCUT2D eigenvalue weighted by molar-refractivity contribution is -0.138. The van der Waals surface area contributed by atoms with Crippen molar-refractivity contribution >= 4 is 36.3 Å². The zero-order valence-electron chi connectivity index (χ0n) is 9.96. The summed E-state index contributed by atoms with van der Waals surface area (Å²) in [5.41, 5.74) is 10.3. The fourth-order valence-electron chi connectivity index (χ4n) is 1.07. The first-order chi connectivity index (χ1) is 8.77. The molecule has 10 heteroatoms. The lowest BCUT2D eigenvalue weighted by Crippen LogP contribution is -2.53. The molecule has 0 aromatic heterocycles. The Morgan fingerprint density at radius 1 is 1.21 bits per heavy atom. The van der Waals surface area contributed by atoms with Crippen LogP contribution in [0.2, 0.25) is 0 Å². The molecule has 3 amide bonds. The molecule has 9 nitrogen and oxygen atoms in total. The number of carbonyl (C=O) groups is 4. The molecule has 0 radical (unpaired) electrons. The van der Waals surface area contributed by atoms with Gasteiger partial charge in [0, 0.05) is 5.75 Å². The van der Waals surface area contributed by atoms with Gasteiger partial charge in [-0.3, -0.25) is 19.2 Å². The van der Waals surface area contributed by atoms with Gasteiger partial charge in [0.25, 0.3) is 0 Å². The summed E-state index contributed by atoms with van der Waals surface area (Å²) in [5, 5.41) is 12.7. The van der Waals surface area contributed by atoms with Gasteiger partial charge in [-0.2, -0.15) is 12.6 Å². The molecule has 0 aromatic carbocycles. The Hall–Kier alpha value is -1.81. The minimum Gasteiger partial charge on any atom is -0.480 e. The Bertz CT molecular complexity index is 376. The fourth-order valence-corrected chi connectivity index (χ4v) is 1.33. The minimum atomic E-state index is -1.22. The lowest BCUT2D eigenvalue weighted by atomic mass is 10.2. The van der Waals surface area contributed by atoms with Crippen LogP contribution in [0.1, 0.15) is 6.42 Å². The van der Waals surface area contributed by atoms with E-state index in [4.69, 9.17) is 16.6 Å². The van der Waals surface area contributed by atoms with Crippen molar-refractivity contribution in [3.63, 3.8) is 0 Å². The van der Waals surface area contributed by atoms with Crippen molar-refractivity contribution in [2.75, 3.05) is 12.3 Å². The second-order valence-corrected chi connectivity index (χ2v) is 4.00. The predicted molar refractivity (Wildman–Crippen MR) is 68.2 cm³/mol. The van der Waals surface area contributed by atoms with E-state index in [-0.39, 0.29) is 12.2 Å². The number of hydrogen-bond acceptors (Lipinski definition) is 6. The molecule has 0 rings (SSSR count). The monoisotopic (exact) mass is 292 g/mol. The van der Waals surface area contributed by atoms with Crippen LogP contribution in [-0.4, -0.2) is 53.2 Å². The summed E-state index contributed by atoms with van der Waals surface area (Å²) in [4.78, 5) is 43.9. The van der Waals surface area contributed by atoms with Crippen molar-refractivity contribution in [2.45, 2.75) is 18.5 Å². The Balaban J connectivity index is 4.38. The predicted octanol–water partition coefficient (Wildman–Crippen LogP) is -3.20. The van der Waals surface area contributed by atoms with E-state index in [0.717, 1.165) is 0 Å². The third kappa shape index (κ3) is 7.26. The van der Waals surface area contributed by atoms with Gasteiger partial charge >= 0.3 is 5.97 Å². The molecule has 0 aliphatic rings. The molecule has 0 spiro atoms. The fraction of sp³-hybridized carbons (Fsp3) is 0.556. The topological polar surface area (TPSA) is 165 Å². The maximum absolute atomic E-state index is 11.5. The first kappa shape index (κ1) is 17.2. The molecule has 0 aromatic rings. The van der Waals surface area contributed by atoms with E-state index < -0.39 is 42.3 Å². The zero-order chi connectivity index (χ0) is 15.0. The number of amides is 3. The van der Waals surface area contributed by atoms with Gasteiger partial charge < -0.3 is 27.2 Å². The van der Waals surface area contributed by atoms with Gasteiger partial charge in [-0.25, -0.2) is 0 Å². The lowest BCUT2D eigenvalue weighted by Gasteiger charge is -2.18. The minimum absolute atomic E-state index is 0.0551. The zero-order valence-corrected chi connectivity index (χ0v) is 10.9. The molecule has 0 saturated carbocycles. The Morgan fingerprint density at radius 3 is 2.21 bits per heavy atom.